The van der Waals surface area contributed by atoms with Crippen LogP contribution in [0.4, 0.5) is 0 Å². The molecule has 1 aromatic rings. The Labute approximate surface area is 110 Å². The van der Waals surface area contributed by atoms with E-state index in [1.54, 1.807) is 0 Å². The molecule has 102 valence electrons. The minimum Gasteiger partial charge on any atom is -0.465 e. The Kier molecular flexibility index (Phi) is 4.43. The van der Waals surface area contributed by atoms with Crippen LogP contribution in [0.25, 0.3) is 0 Å². The van der Waals surface area contributed by atoms with E-state index in [1.165, 1.54) is 19.5 Å². The van der Waals surface area contributed by atoms with Crippen LogP contribution in [0.1, 0.15) is 24.0 Å². The molecule has 1 aromatic heterocycles. The van der Waals surface area contributed by atoms with Crippen LogP contribution < -0.4 is 5.73 Å². The molecule has 1 fully saturated rings. The Morgan fingerprint density at radius 3 is 2.83 bits per heavy atom. The second kappa shape index (κ2) is 5.87. The third-order valence-electron chi connectivity index (χ3n) is 3.88. The maximum Gasteiger partial charge on any atom is 0.122 e. The summed E-state index contributed by atoms with van der Waals surface area (Å²) in [6.45, 7) is 6.07. The summed E-state index contributed by atoms with van der Waals surface area (Å²) >= 11 is 0. The predicted octanol–water partition coefficient (Wildman–Crippen LogP) is 1.47. The maximum absolute atomic E-state index is 5.90. The lowest BCUT2D eigenvalue weighted by molar-refractivity contribution is 0.189. The number of hydrogen-bond acceptors (Lipinski definition) is 4. The molecule has 2 atom stereocenters. The third kappa shape index (κ3) is 3.13. The Balaban J connectivity index is 1.95. The molecule has 0 amide bonds. The summed E-state index contributed by atoms with van der Waals surface area (Å²) < 4.78 is 5.71. The maximum atomic E-state index is 5.90. The van der Waals surface area contributed by atoms with E-state index in [0.717, 1.165) is 24.0 Å². The number of hydrogen-bond donors (Lipinski definition) is 1. The second-order valence-corrected chi connectivity index (χ2v) is 5.56. The summed E-state index contributed by atoms with van der Waals surface area (Å²) in [6.07, 6.45) is 1.29. The van der Waals surface area contributed by atoms with Crippen LogP contribution in [-0.4, -0.2) is 50.1 Å². The first-order chi connectivity index (χ1) is 8.60. The second-order valence-electron chi connectivity index (χ2n) is 5.56. The van der Waals surface area contributed by atoms with Crippen LogP contribution in [0.15, 0.2) is 16.5 Å². The van der Waals surface area contributed by atoms with Crippen molar-refractivity contribution in [3.8, 4) is 0 Å². The zero-order valence-electron chi connectivity index (χ0n) is 11.7. The van der Waals surface area contributed by atoms with Gasteiger partial charge in [-0.25, -0.2) is 0 Å². The molecule has 2 unspecified atom stereocenters. The smallest absolute Gasteiger partial charge is 0.122 e. The fraction of sp³-hybridized carbons (Fsp3) is 0.714. The van der Waals surface area contributed by atoms with E-state index in [4.69, 9.17) is 10.2 Å². The highest BCUT2D eigenvalue weighted by atomic mass is 16.3. The van der Waals surface area contributed by atoms with Gasteiger partial charge in [-0.15, -0.1) is 0 Å². The highest BCUT2D eigenvalue weighted by Gasteiger charge is 2.25. The monoisotopic (exact) mass is 251 g/mol. The van der Waals surface area contributed by atoms with Crippen molar-refractivity contribution in [1.29, 1.82) is 0 Å². The fourth-order valence-corrected chi connectivity index (χ4v) is 2.86. The summed E-state index contributed by atoms with van der Waals surface area (Å²) in [5.41, 5.74) is 5.90. The minimum atomic E-state index is 0.199. The summed E-state index contributed by atoms with van der Waals surface area (Å²) in [7, 11) is 4.34. The van der Waals surface area contributed by atoms with E-state index in [0.29, 0.717) is 6.54 Å². The Bertz CT molecular complexity index is 377. The van der Waals surface area contributed by atoms with Gasteiger partial charge in [0, 0.05) is 19.6 Å². The average Bonchev–Trinajstić information content (AvgIpc) is 2.89. The van der Waals surface area contributed by atoms with E-state index in [2.05, 4.69) is 23.9 Å². The molecule has 0 spiro atoms. The average molecular weight is 251 g/mol. The van der Waals surface area contributed by atoms with Crippen LogP contribution in [0, 0.1) is 12.8 Å². The van der Waals surface area contributed by atoms with Gasteiger partial charge in [-0.1, -0.05) is 0 Å². The molecule has 4 heteroatoms. The van der Waals surface area contributed by atoms with E-state index in [1.807, 2.05) is 19.1 Å². The molecule has 0 radical (unpaired) electrons. The van der Waals surface area contributed by atoms with Gasteiger partial charge < -0.3 is 15.1 Å². The standard InChI is InChI=1S/C14H25N3O/c1-11-4-5-14(18-11)13(8-15)17(3)10-12-6-7-16(2)9-12/h4-5,12-13H,6-10,15H2,1-3H3. The van der Waals surface area contributed by atoms with Gasteiger partial charge in [-0.05, 0) is 52.0 Å². The van der Waals surface area contributed by atoms with Crippen molar-refractivity contribution in [3.63, 3.8) is 0 Å². The number of nitrogens with zero attached hydrogens (tertiary/aromatic N) is 2. The quantitative estimate of drug-likeness (QED) is 0.861. The Morgan fingerprint density at radius 1 is 1.56 bits per heavy atom. The van der Waals surface area contributed by atoms with Crippen molar-refractivity contribution >= 4 is 0 Å². The summed E-state index contributed by atoms with van der Waals surface area (Å²) in [6, 6.07) is 4.25. The molecular formula is C14H25N3O. The molecule has 1 saturated heterocycles. The lowest BCUT2D eigenvalue weighted by atomic mass is 10.1. The number of nitrogens with two attached hydrogens (primary N) is 1. The van der Waals surface area contributed by atoms with Crippen molar-refractivity contribution in [2.24, 2.45) is 11.7 Å². The Morgan fingerprint density at radius 2 is 2.33 bits per heavy atom. The van der Waals surface area contributed by atoms with Crippen molar-refractivity contribution in [2.75, 3.05) is 40.3 Å². The number of likely N-dealkylation sites (N-methyl/N-ethyl adjacent to an activating group) is 1. The third-order valence-corrected chi connectivity index (χ3v) is 3.88. The van der Waals surface area contributed by atoms with Crippen molar-refractivity contribution < 1.29 is 4.42 Å². The van der Waals surface area contributed by atoms with Crippen molar-refractivity contribution in [1.82, 2.24) is 9.80 Å². The molecule has 0 bridgehead atoms. The van der Waals surface area contributed by atoms with Gasteiger partial charge in [-0.3, -0.25) is 4.90 Å². The molecule has 4 nitrogen and oxygen atoms in total. The lowest BCUT2D eigenvalue weighted by Gasteiger charge is -2.27. The zero-order valence-corrected chi connectivity index (χ0v) is 11.7. The number of aryl methyl sites for hydroxylation is 1. The highest BCUT2D eigenvalue weighted by molar-refractivity contribution is 5.10. The molecule has 0 aliphatic carbocycles. The van der Waals surface area contributed by atoms with Crippen LogP contribution in [0.2, 0.25) is 0 Å². The fourth-order valence-electron chi connectivity index (χ4n) is 2.86. The normalized spacial score (nSPS) is 22.8. The van der Waals surface area contributed by atoms with Gasteiger partial charge in [0.15, 0.2) is 0 Å². The van der Waals surface area contributed by atoms with Gasteiger partial charge in [0.25, 0.3) is 0 Å². The highest BCUT2D eigenvalue weighted by Crippen LogP contribution is 2.23. The topological polar surface area (TPSA) is 45.6 Å². The molecule has 0 aromatic carbocycles. The van der Waals surface area contributed by atoms with Crippen LogP contribution in [0.5, 0.6) is 0 Å². The first-order valence-corrected chi connectivity index (χ1v) is 6.75. The number of likely N-dealkylation sites (tertiary alicyclic amines) is 1. The molecule has 18 heavy (non-hydrogen) atoms. The van der Waals surface area contributed by atoms with Gasteiger partial charge in [0.1, 0.15) is 11.5 Å². The minimum absolute atomic E-state index is 0.199. The molecule has 1 aliphatic heterocycles. The van der Waals surface area contributed by atoms with Gasteiger partial charge >= 0.3 is 0 Å². The Hall–Kier alpha value is -0.840. The zero-order chi connectivity index (χ0) is 13.1. The van der Waals surface area contributed by atoms with E-state index in [9.17, 15) is 0 Å². The van der Waals surface area contributed by atoms with Gasteiger partial charge in [0.2, 0.25) is 0 Å². The van der Waals surface area contributed by atoms with E-state index >= 15 is 0 Å². The summed E-state index contributed by atoms with van der Waals surface area (Å²) in [4.78, 5) is 4.73. The summed E-state index contributed by atoms with van der Waals surface area (Å²) in [5.74, 6) is 2.70. The first-order valence-electron chi connectivity index (χ1n) is 6.75. The first kappa shape index (κ1) is 13.6. The lowest BCUT2D eigenvalue weighted by Crippen LogP contribution is -2.34. The molecule has 2 rings (SSSR count). The molecule has 0 saturated carbocycles. The predicted molar refractivity (Wildman–Crippen MR) is 73.5 cm³/mol. The van der Waals surface area contributed by atoms with E-state index < -0.39 is 0 Å². The van der Waals surface area contributed by atoms with Gasteiger partial charge in [0.05, 0.1) is 6.04 Å². The van der Waals surface area contributed by atoms with Gasteiger partial charge in [-0.2, -0.15) is 0 Å². The largest absolute Gasteiger partial charge is 0.465 e. The van der Waals surface area contributed by atoms with Crippen molar-refractivity contribution in [2.45, 2.75) is 19.4 Å². The molecule has 2 N–H and O–H groups in total. The van der Waals surface area contributed by atoms with Crippen LogP contribution in [0.3, 0.4) is 0 Å². The van der Waals surface area contributed by atoms with Crippen LogP contribution in [-0.2, 0) is 0 Å². The summed E-state index contributed by atoms with van der Waals surface area (Å²) in [5, 5.41) is 0. The number of rotatable bonds is 5. The molecule has 1 aliphatic rings. The van der Waals surface area contributed by atoms with E-state index in [-0.39, 0.29) is 6.04 Å². The number of furan rings is 1. The SMILES string of the molecule is Cc1ccc(C(CN)N(C)CC2CCN(C)C2)o1. The molecular weight excluding hydrogens is 226 g/mol. The van der Waals surface area contributed by atoms with Crippen molar-refractivity contribution in [3.05, 3.63) is 23.7 Å². The molecule has 2 heterocycles. The van der Waals surface area contributed by atoms with Crippen LogP contribution >= 0.6 is 0 Å².